The van der Waals surface area contributed by atoms with Gasteiger partial charge < -0.3 is 15.0 Å². The molecule has 21 heavy (non-hydrogen) atoms. The lowest BCUT2D eigenvalue weighted by Gasteiger charge is -2.34. The van der Waals surface area contributed by atoms with Gasteiger partial charge in [-0.1, -0.05) is 12.1 Å². The Morgan fingerprint density at radius 2 is 2.14 bits per heavy atom. The van der Waals surface area contributed by atoms with Crippen LogP contribution in [0.1, 0.15) is 18.9 Å². The number of alkyl halides is 2. The molecule has 1 aromatic carbocycles. The van der Waals surface area contributed by atoms with Gasteiger partial charge in [0.25, 0.3) is 0 Å². The molecule has 0 unspecified atom stereocenters. The van der Waals surface area contributed by atoms with Crippen LogP contribution in [0.4, 0.5) is 8.78 Å². The molecular formula is C15H20F2N2O2. The quantitative estimate of drug-likeness (QED) is 0.904. The number of aryl methyl sites for hydroxylation is 1. The topological polar surface area (TPSA) is 41.6 Å². The van der Waals surface area contributed by atoms with E-state index in [1.807, 2.05) is 11.8 Å². The highest BCUT2D eigenvalue weighted by Gasteiger charge is 2.22. The molecule has 0 bridgehead atoms. The van der Waals surface area contributed by atoms with E-state index in [-0.39, 0.29) is 17.7 Å². The van der Waals surface area contributed by atoms with Gasteiger partial charge in [0.15, 0.2) is 0 Å². The van der Waals surface area contributed by atoms with Crippen molar-refractivity contribution in [2.45, 2.75) is 32.4 Å². The van der Waals surface area contributed by atoms with E-state index in [0.717, 1.165) is 25.2 Å². The lowest BCUT2D eigenvalue weighted by atomic mass is 10.1. The van der Waals surface area contributed by atoms with Gasteiger partial charge in [-0.25, -0.2) is 0 Å². The first kappa shape index (κ1) is 15.7. The Labute approximate surface area is 123 Å². The fourth-order valence-corrected chi connectivity index (χ4v) is 2.44. The molecule has 2 rings (SSSR count). The number of benzene rings is 1. The monoisotopic (exact) mass is 298 g/mol. The maximum absolute atomic E-state index is 12.2. The maximum atomic E-state index is 12.2. The van der Waals surface area contributed by atoms with Crippen molar-refractivity contribution in [3.63, 3.8) is 0 Å². The normalized spacial score (nSPS) is 18.9. The van der Waals surface area contributed by atoms with Crippen molar-refractivity contribution >= 4 is 5.91 Å². The van der Waals surface area contributed by atoms with Crippen LogP contribution in [0.5, 0.6) is 5.75 Å². The summed E-state index contributed by atoms with van der Waals surface area (Å²) >= 11 is 0. The minimum Gasteiger partial charge on any atom is -0.435 e. The molecule has 116 valence electrons. The summed E-state index contributed by atoms with van der Waals surface area (Å²) in [6.45, 7) is 1.61. The largest absolute Gasteiger partial charge is 0.435 e. The second kappa shape index (κ2) is 7.36. The van der Waals surface area contributed by atoms with Gasteiger partial charge in [0.2, 0.25) is 5.91 Å². The Morgan fingerprint density at radius 3 is 2.76 bits per heavy atom. The number of carbonyl (C=O) groups excluding carboxylic acids is 1. The molecule has 1 heterocycles. The predicted octanol–water partition coefficient (Wildman–Crippen LogP) is 2.04. The molecule has 1 aliphatic rings. The number of nitrogens with zero attached hydrogens (tertiary/aromatic N) is 1. The average molecular weight is 298 g/mol. The van der Waals surface area contributed by atoms with Crippen LogP contribution < -0.4 is 10.1 Å². The molecule has 6 heteroatoms. The highest BCUT2D eigenvalue weighted by molar-refractivity contribution is 5.77. The Balaban J connectivity index is 1.83. The van der Waals surface area contributed by atoms with Crippen molar-refractivity contribution < 1.29 is 18.3 Å². The van der Waals surface area contributed by atoms with E-state index in [0.29, 0.717) is 12.8 Å². The number of ether oxygens (including phenoxy) is 1. The molecule has 0 radical (unpaired) electrons. The third-order valence-electron chi connectivity index (χ3n) is 3.60. The first-order valence-electron chi connectivity index (χ1n) is 7.10. The van der Waals surface area contributed by atoms with E-state index in [1.165, 1.54) is 12.1 Å². The van der Waals surface area contributed by atoms with E-state index in [9.17, 15) is 13.6 Å². The molecule has 0 spiro atoms. The summed E-state index contributed by atoms with van der Waals surface area (Å²) in [6.07, 6.45) is 1.03. The van der Waals surface area contributed by atoms with Crippen LogP contribution in [0.2, 0.25) is 0 Å². The molecule has 1 amide bonds. The summed E-state index contributed by atoms with van der Waals surface area (Å²) < 4.78 is 28.4. The molecule has 1 fully saturated rings. The summed E-state index contributed by atoms with van der Waals surface area (Å²) in [7, 11) is 0. The van der Waals surface area contributed by atoms with E-state index in [2.05, 4.69) is 10.1 Å². The molecule has 1 aliphatic heterocycles. The number of hydrogen-bond acceptors (Lipinski definition) is 3. The summed E-state index contributed by atoms with van der Waals surface area (Å²) in [5.41, 5.74) is 0.938. The number of nitrogens with one attached hydrogen (secondary N) is 1. The number of halogens is 2. The number of rotatable bonds is 5. The summed E-state index contributed by atoms with van der Waals surface area (Å²) in [5, 5.41) is 3.25. The second-order valence-electron chi connectivity index (χ2n) is 5.16. The van der Waals surface area contributed by atoms with Gasteiger partial charge in [-0.2, -0.15) is 8.78 Å². The van der Waals surface area contributed by atoms with Gasteiger partial charge in [-0.15, -0.1) is 0 Å². The maximum Gasteiger partial charge on any atom is 0.387 e. The van der Waals surface area contributed by atoms with Gasteiger partial charge in [0.05, 0.1) is 0 Å². The molecule has 1 N–H and O–H groups in total. The third-order valence-corrected chi connectivity index (χ3v) is 3.60. The molecule has 0 aliphatic carbocycles. The Kier molecular flexibility index (Phi) is 5.50. The molecule has 0 aromatic heterocycles. The summed E-state index contributed by atoms with van der Waals surface area (Å²) in [4.78, 5) is 14.1. The fraction of sp³-hybridized carbons (Fsp3) is 0.533. The molecular weight excluding hydrogens is 278 g/mol. The molecule has 1 atom stereocenters. The van der Waals surface area contributed by atoms with Crippen molar-refractivity contribution in [2.75, 3.05) is 19.6 Å². The smallest absolute Gasteiger partial charge is 0.387 e. The van der Waals surface area contributed by atoms with Crippen LogP contribution in [0.3, 0.4) is 0 Å². The summed E-state index contributed by atoms with van der Waals surface area (Å²) in [5.74, 6) is 0.271. The average Bonchev–Trinajstić information content (AvgIpc) is 2.46. The first-order chi connectivity index (χ1) is 10.1. The van der Waals surface area contributed by atoms with Crippen molar-refractivity contribution in [1.82, 2.24) is 10.2 Å². The Bertz CT molecular complexity index is 465. The van der Waals surface area contributed by atoms with Gasteiger partial charge >= 0.3 is 6.61 Å². The van der Waals surface area contributed by atoms with Gasteiger partial charge in [-0.05, 0) is 31.0 Å². The SMILES string of the molecule is C[C@@H]1CNCCN1C(=O)CCc1ccc(OC(F)F)cc1. The lowest BCUT2D eigenvalue weighted by Crippen LogP contribution is -2.52. The molecule has 0 saturated carbocycles. The van der Waals surface area contributed by atoms with Crippen molar-refractivity contribution in [3.8, 4) is 5.75 Å². The van der Waals surface area contributed by atoms with Gasteiger partial charge in [-0.3, -0.25) is 4.79 Å². The number of amides is 1. The van der Waals surface area contributed by atoms with Crippen LogP contribution >= 0.6 is 0 Å². The molecule has 1 saturated heterocycles. The zero-order valence-corrected chi connectivity index (χ0v) is 12.0. The van der Waals surface area contributed by atoms with Crippen LogP contribution in [-0.4, -0.2) is 43.1 Å². The van der Waals surface area contributed by atoms with Crippen LogP contribution in [-0.2, 0) is 11.2 Å². The van der Waals surface area contributed by atoms with Crippen molar-refractivity contribution in [1.29, 1.82) is 0 Å². The zero-order chi connectivity index (χ0) is 15.2. The van der Waals surface area contributed by atoms with Crippen LogP contribution in [0, 0.1) is 0 Å². The Morgan fingerprint density at radius 1 is 1.43 bits per heavy atom. The highest BCUT2D eigenvalue weighted by Crippen LogP contribution is 2.16. The number of hydrogen-bond donors (Lipinski definition) is 1. The third kappa shape index (κ3) is 4.67. The predicted molar refractivity (Wildman–Crippen MR) is 75.4 cm³/mol. The summed E-state index contributed by atoms with van der Waals surface area (Å²) in [6, 6.07) is 6.64. The van der Waals surface area contributed by atoms with Crippen molar-refractivity contribution in [2.24, 2.45) is 0 Å². The van der Waals surface area contributed by atoms with Crippen molar-refractivity contribution in [3.05, 3.63) is 29.8 Å². The van der Waals surface area contributed by atoms with Crippen LogP contribution in [0.15, 0.2) is 24.3 Å². The number of piperazine rings is 1. The lowest BCUT2D eigenvalue weighted by molar-refractivity contribution is -0.133. The molecule has 4 nitrogen and oxygen atoms in total. The Hall–Kier alpha value is -1.69. The van der Waals surface area contributed by atoms with Gasteiger partial charge in [0, 0.05) is 32.1 Å². The zero-order valence-electron chi connectivity index (χ0n) is 12.0. The van der Waals surface area contributed by atoms with E-state index < -0.39 is 6.61 Å². The fourth-order valence-electron chi connectivity index (χ4n) is 2.44. The van der Waals surface area contributed by atoms with E-state index in [1.54, 1.807) is 12.1 Å². The first-order valence-corrected chi connectivity index (χ1v) is 7.10. The van der Waals surface area contributed by atoms with Gasteiger partial charge in [0.1, 0.15) is 5.75 Å². The highest BCUT2D eigenvalue weighted by atomic mass is 19.3. The van der Waals surface area contributed by atoms with Crippen LogP contribution in [0.25, 0.3) is 0 Å². The van der Waals surface area contributed by atoms with E-state index >= 15 is 0 Å². The van der Waals surface area contributed by atoms with E-state index in [4.69, 9.17) is 0 Å². The minimum atomic E-state index is -2.81. The minimum absolute atomic E-state index is 0.135. The standard InChI is InChI=1S/C15H20F2N2O2/c1-11-10-18-8-9-19(11)14(20)7-4-12-2-5-13(6-3-12)21-15(16)17/h2-3,5-6,11,15,18H,4,7-10H2,1H3/t11-/m1/s1. The molecule has 1 aromatic rings. The second-order valence-corrected chi connectivity index (χ2v) is 5.16. The number of carbonyl (C=O) groups is 1.